The zero-order chi connectivity index (χ0) is 16.8. The normalized spacial score (nSPS) is 11.3. The van der Waals surface area contributed by atoms with Gasteiger partial charge in [-0.1, -0.05) is 23.4 Å². The molecule has 0 N–H and O–H groups in total. The summed E-state index contributed by atoms with van der Waals surface area (Å²) < 4.78 is 7.25. The number of benzene rings is 1. The van der Waals surface area contributed by atoms with Crippen molar-refractivity contribution in [1.29, 1.82) is 0 Å². The molecular formula is C18H15ClN4O. The van der Waals surface area contributed by atoms with Crippen LogP contribution in [0.3, 0.4) is 0 Å². The highest BCUT2D eigenvalue weighted by molar-refractivity contribution is 6.28. The fourth-order valence-electron chi connectivity index (χ4n) is 3.10. The van der Waals surface area contributed by atoms with Crippen LogP contribution in [0, 0.1) is 13.8 Å². The molecule has 5 nitrogen and oxygen atoms in total. The smallest absolute Gasteiger partial charge is 0.224 e. The molecule has 0 saturated carbocycles. The zero-order valence-corrected chi connectivity index (χ0v) is 14.3. The van der Waals surface area contributed by atoms with Crippen LogP contribution in [0.4, 0.5) is 0 Å². The van der Waals surface area contributed by atoms with Crippen LogP contribution in [0.5, 0.6) is 0 Å². The summed E-state index contributed by atoms with van der Waals surface area (Å²) in [4.78, 5) is 8.44. The van der Waals surface area contributed by atoms with Crippen molar-refractivity contribution in [1.82, 2.24) is 19.7 Å². The van der Waals surface area contributed by atoms with Crippen LogP contribution in [0.1, 0.15) is 11.5 Å². The largest absolute Gasteiger partial charge is 0.361 e. The molecule has 0 unspecified atom stereocenters. The van der Waals surface area contributed by atoms with Crippen molar-refractivity contribution < 1.29 is 4.52 Å². The molecule has 3 aromatic heterocycles. The Bertz CT molecular complexity index is 1040. The molecule has 3 heterocycles. The van der Waals surface area contributed by atoms with Crippen LogP contribution in [0.25, 0.3) is 33.3 Å². The van der Waals surface area contributed by atoms with E-state index >= 15 is 0 Å². The van der Waals surface area contributed by atoms with E-state index in [0.29, 0.717) is 0 Å². The zero-order valence-electron chi connectivity index (χ0n) is 13.5. The highest BCUT2D eigenvalue weighted by Crippen LogP contribution is 2.34. The average Bonchev–Trinajstić information content (AvgIpc) is 3.07. The van der Waals surface area contributed by atoms with E-state index in [4.69, 9.17) is 16.1 Å². The number of aryl methyl sites for hydroxylation is 3. The lowest BCUT2D eigenvalue weighted by molar-refractivity contribution is 0.393. The van der Waals surface area contributed by atoms with Gasteiger partial charge in [0.2, 0.25) is 5.28 Å². The topological polar surface area (TPSA) is 56.7 Å². The van der Waals surface area contributed by atoms with E-state index in [1.807, 2.05) is 37.7 Å². The van der Waals surface area contributed by atoms with Gasteiger partial charge in [0, 0.05) is 36.0 Å². The Morgan fingerprint density at radius 2 is 1.96 bits per heavy atom. The van der Waals surface area contributed by atoms with Crippen LogP contribution < -0.4 is 0 Å². The predicted molar refractivity (Wildman–Crippen MR) is 93.9 cm³/mol. The van der Waals surface area contributed by atoms with Crippen molar-refractivity contribution >= 4 is 22.6 Å². The molecule has 1 aromatic carbocycles. The first kappa shape index (κ1) is 14.9. The molecule has 4 aromatic rings. The summed E-state index contributed by atoms with van der Waals surface area (Å²) in [6.45, 7) is 3.88. The number of halogens is 1. The molecule has 0 atom stereocenters. The molecule has 0 aliphatic carbocycles. The summed E-state index contributed by atoms with van der Waals surface area (Å²) in [5.74, 6) is 0.817. The summed E-state index contributed by atoms with van der Waals surface area (Å²) in [5.41, 5.74) is 5.97. The van der Waals surface area contributed by atoms with Gasteiger partial charge in [-0.3, -0.25) is 0 Å². The van der Waals surface area contributed by atoms with Crippen molar-refractivity contribution in [2.75, 3.05) is 0 Å². The first-order valence-corrected chi connectivity index (χ1v) is 7.93. The molecule has 24 heavy (non-hydrogen) atoms. The molecule has 0 aliphatic heterocycles. The van der Waals surface area contributed by atoms with Gasteiger partial charge in [-0.25, -0.2) is 4.98 Å². The van der Waals surface area contributed by atoms with Crippen molar-refractivity contribution in [2.24, 2.45) is 7.05 Å². The number of hydrogen-bond donors (Lipinski definition) is 0. The number of fused-ring (bicyclic) bond motifs is 1. The molecule has 0 spiro atoms. The first-order chi connectivity index (χ1) is 11.5. The first-order valence-electron chi connectivity index (χ1n) is 7.56. The second kappa shape index (κ2) is 5.46. The van der Waals surface area contributed by atoms with Gasteiger partial charge in [0.25, 0.3) is 0 Å². The lowest BCUT2D eigenvalue weighted by atomic mass is 9.98. The molecule has 0 fully saturated rings. The molecule has 0 aliphatic rings. The number of aromatic nitrogens is 4. The van der Waals surface area contributed by atoms with Gasteiger partial charge in [-0.15, -0.1) is 0 Å². The SMILES string of the molecule is Cc1noc(C)c1-c1cccc(-c2cn(C)c3nc(Cl)ncc23)c1. The van der Waals surface area contributed by atoms with E-state index in [9.17, 15) is 0 Å². The monoisotopic (exact) mass is 338 g/mol. The number of hydrogen-bond acceptors (Lipinski definition) is 4. The van der Waals surface area contributed by atoms with E-state index in [0.717, 1.165) is 44.7 Å². The summed E-state index contributed by atoms with van der Waals surface area (Å²) in [5, 5.41) is 5.26. The maximum atomic E-state index is 5.92. The fourth-order valence-corrected chi connectivity index (χ4v) is 3.23. The van der Waals surface area contributed by atoms with E-state index in [1.165, 1.54) is 0 Å². The molecular weight excluding hydrogens is 324 g/mol. The Balaban J connectivity index is 1.91. The Kier molecular flexibility index (Phi) is 3.39. The minimum absolute atomic E-state index is 0.250. The minimum atomic E-state index is 0.250. The van der Waals surface area contributed by atoms with Crippen LogP contribution in [-0.4, -0.2) is 19.7 Å². The Hall–Kier alpha value is -2.66. The number of nitrogens with zero attached hydrogens (tertiary/aromatic N) is 4. The third-order valence-corrected chi connectivity index (χ3v) is 4.36. The lowest BCUT2D eigenvalue weighted by Gasteiger charge is -2.04. The standard InChI is InChI=1S/C18H15ClN4O/c1-10-16(11(2)24-22-10)13-6-4-5-12(7-13)15-9-23(3)17-14(15)8-20-18(19)21-17/h4-9H,1-3H3. The van der Waals surface area contributed by atoms with Gasteiger partial charge in [-0.05, 0) is 42.6 Å². The maximum Gasteiger partial charge on any atom is 0.224 e. The predicted octanol–water partition coefficient (Wildman–Crippen LogP) is 4.56. The van der Waals surface area contributed by atoms with Crippen LogP contribution in [0.15, 0.2) is 41.2 Å². The Morgan fingerprint density at radius 1 is 1.17 bits per heavy atom. The van der Waals surface area contributed by atoms with Crippen LogP contribution in [-0.2, 0) is 7.05 Å². The quantitative estimate of drug-likeness (QED) is 0.503. The van der Waals surface area contributed by atoms with Crippen molar-refractivity contribution in [3.63, 3.8) is 0 Å². The average molecular weight is 339 g/mol. The van der Waals surface area contributed by atoms with Crippen molar-refractivity contribution in [2.45, 2.75) is 13.8 Å². The van der Waals surface area contributed by atoms with E-state index < -0.39 is 0 Å². The molecule has 0 bridgehead atoms. The highest BCUT2D eigenvalue weighted by Gasteiger charge is 2.15. The van der Waals surface area contributed by atoms with Gasteiger partial charge in [0.1, 0.15) is 11.4 Å². The fraction of sp³-hybridized carbons (Fsp3) is 0.167. The van der Waals surface area contributed by atoms with Gasteiger partial charge in [0.05, 0.1) is 5.69 Å². The molecule has 6 heteroatoms. The molecule has 0 radical (unpaired) electrons. The van der Waals surface area contributed by atoms with Gasteiger partial charge >= 0.3 is 0 Å². The summed E-state index contributed by atoms with van der Waals surface area (Å²) in [6, 6.07) is 8.31. The van der Waals surface area contributed by atoms with Crippen molar-refractivity contribution in [3.8, 4) is 22.3 Å². The maximum absolute atomic E-state index is 5.92. The van der Waals surface area contributed by atoms with Gasteiger partial charge in [0.15, 0.2) is 0 Å². The van der Waals surface area contributed by atoms with E-state index in [2.05, 4.69) is 33.3 Å². The third kappa shape index (κ3) is 2.29. The molecule has 0 saturated heterocycles. The molecule has 4 rings (SSSR count). The van der Waals surface area contributed by atoms with Gasteiger partial charge < -0.3 is 9.09 Å². The second-order valence-corrected chi connectivity index (χ2v) is 6.15. The summed E-state index contributed by atoms with van der Waals surface area (Å²) in [7, 11) is 1.95. The Labute approximate surface area is 143 Å². The summed E-state index contributed by atoms with van der Waals surface area (Å²) in [6.07, 6.45) is 3.81. The van der Waals surface area contributed by atoms with Crippen molar-refractivity contribution in [3.05, 3.63) is 53.4 Å². The molecule has 0 amide bonds. The number of rotatable bonds is 2. The van der Waals surface area contributed by atoms with E-state index in [-0.39, 0.29) is 5.28 Å². The second-order valence-electron chi connectivity index (χ2n) is 5.81. The van der Waals surface area contributed by atoms with Crippen LogP contribution in [0.2, 0.25) is 5.28 Å². The third-order valence-electron chi connectivity index (χ3n) is 4.18. The molecule has 120 valence electrons. The summed E-state index contributed by atoms with van der Waals surface area (Å²) >= 11 is 5.92. The van der Waals surface area contributed by atoms with Gasteiger partial charge in [-0.2, -0.15) is 4.98 Å². The Morgan fingerprint density at radius 3 is 2.71 bits per heavy atom. The van der Waals surface area contributed by atoms with Crippen LogP contribution >= 0.6 is 11.6 Å². The minimum Gasteiger partial charge on any atom is -0.361 e. The highest BCUT2D eigenvalue weighted by atomic mass is 35.5. The lowest BCUT2D eigenvalue weighted by Crippen LogP contribution is -1.89. The van der Waals surface area contributed by atoms with E-state index in [1.54, 1.807) is 6.20 Å².